The fraction of sp³-hybridized carbons (Fsp3) is 0.0217. The summed E-state index contributed by atoms with van der Waals surface area (Å²) in [6.45, 7) is 4.41. The van der Waals surface area contributed by atoms with Crippen molar-refractivity contribution >= 4 is 154 Å². The Bertz CT molecular complexity index is 6400. The van der Waals surface area contributed by atoms with Crippen molar-refractivity contribution in [2.75, 3.05) is 9.80 Å². The molecule has 6 heteroatoms. The van der Waals surface area contributed by atoms with E-state index in [1.165, 1.54) is 98.4 Å². The van der Waals surface area contributed by atoms with Crippen LogP contribution in [0.4, 0.5) is 34.1 Å². The van der Waals surface area contributed by atoms with Gasteiger partial charge in [-0.05, 0) is 154 Å². The molecule has 0 radical (unpaired) electrons. The number of aryl methyl sites for hydroxylation is 2. The average molecular weight is 1250 g/mol. The largest absolute Gasteiger partial charge is 0.454 e. The normalized spacial score (nSPS) is 12.2. The summed E-state index contributed by atoms with van der Waals surface area (Å²) in [5, 5.41) is 14.4. The maximum absolute atomic E-state index is 6.78. The maximum atomic E-state index is 6.78. The third kappa shape index (κ3) is 7.85. The number of benzene rings is 15. The molecule has 0 fully saturated rings. The molecule has 6 heterocycles. The minimum Gasteiger partial charge on any atom is -0.454 e. The molecule has 0 saturated heterocycles. The van der Waals surface area contributed by atoms with Gasteiger partial charge in [0.25, 0.3) is 0 Å². The van der Waals surface area contributed by atoms with Crippen LogP contribution in [0.3, 0.4) is 0 Å². The molecule has 0 amide bonds. The zero-order chi connectivity index (χ0) is 64.4. The first-order valence-electron chi connectivity index (χ1n) is 33.7. The van der Waals surface area contributed by atoms with Gasteiger partial charge in [0, 0.05) is 87.4 Å². The number of nitrogens with zero attached hydrogens (tertiary/aromatic N) is 4. The zero-order valence-electron chi connectivity index (χ0n) is 53.6. The number of para-hydroxylation sites is 6. The molecule has 15 aromatic carbocycles. The van der Waals surface area contributed by atoms with Crippen LogP contribution in [0.1, 0.15) is 11.1 Å². The van der Waals surface area contributed by atoms with Gasteiger partial charge >= 0.3 is 0 Å². The Hall–Kier alpha value is -12.9. The molecule has 6 aromatic heterocycles. The van der Waals surface area contributed by atoms with E-state index in [0.29, 0.717) is 0 Å². The number of fused-ring (bicyclic) bond motifs is 18. The lowest BCUT2D eigenvalue weighted by molar-refractivity contribution is 0.668. The highest BCUT2D eigenvalue weighted by Crippen LogP contribution is 2.51. The number of rotatable bonds is 10. The summed E-state index contributed by atoms with van der Waals surface area (Å²) in [5.41, 5.74) is 28.7. The van der Waals surface area contributed by atoms with E-state index < -0.39 is 0 Å². The predicted octanol–water partition coefficient (Wildman–Crippen LogP) is 26.0. The Labute approximate surface area is 563 Å². The van der Waals surface area contributed by atoms with Crippen molar-refractivity contribution in [3.63, 3.8) is 0 Å². The van der Waals surface area contributed by atoms with Crippen LogP contribution in [0.25, 0.3) is 165 Å². The van der Waals surface area contributed by atoms with Crippen LogP contribution in [-0.4, -0.2) is 8.80 Å². The van der Waals surface area contributed by atoms with E-state index in [1.807, 2.05) is 12.1 Å². The van der Waals surface area contributed by atoms with Crippen LogP contribution in [0.2, 0.25) is 0 Å². The van der Waals surface area contributed by atoms with Gasteiger partial charge in [0.05, 0.1) is 44.5 Å². The van der Waals surface area contributed by atoms with Gasteiger partial charge in [0.2, 0.25) is 0 Å². The minimum absolute atomic E-state index is 0.858. The van der Waals surface area contributed by atoms with Gasteiger partial charge < -0.3 is 27.4 Å². The Kier molecular flexibility index (Phi) is 11.6. The predicted molar refractivity (Wildman–Crippen MR) is 411 cm³/mol. The van der Waals surface area contributed by atoms with Gasteiger partial charge in [0.1, 0.15) is 11.2 Å². The quantitative estimate of drug-likeness (QED) is 0.137. The second kappa shape index (κ2) is 20.8. The molecule has 458 valence electrons. The first-order valence-corrected chi connectivity index (χ1v) is 33.7. The van der Waals surface area contributed by atoms with Crippen LogP contribution in [-0.2, 0) is 0 Å². The van der Waals surface area contributed by atoms with E-state index in [0.717, 1.165) is 111 Å². The zero-order valence-corrected chi connectivity index (χ0v) is 53.6. The van der Waals surface area contributed by atoms with Crippen LogP contribution < -0.4 is 9.80 Å². The topological polar surface area (TPSA) is 41.6 Å². The lowest BCUT2D eigenvalue weighted by atomic mass is 9.97. The van der Waals surface area contributed by atoms with Crippen molar-refractivity contribution in [3.05, 3.63) is 327 Å². The summed E-state index contributed by atoms with van der Waals surface area (Å²) >= 11 is 0. The highest BCUT2D eigenvalue weighted by atomic mass is 16.3. The van der Waals surface area contributed by atoms with Gasteiger partial charge in [0.15, 0.2) is 11.2 Å². The maximum Gasteiger partial charge on any atom is 0.159 e. The van der Waals surface area contributed by atoms with E-state index in [4.69, 9.17) is 8.83 Å². The summed E-state index contributed by atoms with van der Waals surface area (Å²) in [6, 6.07) is 115. The molecule has 0 aliphatic carbocycles. The van der Waals surface area contributed by atoms with Gasteiger partial charge in [-0.1, -0.05) is 231 Å². The molecule has 21 rings (SSSR count). The summed E-state index contributed by atoms with van der Waals surface area (Å²) in [6.07, 6.45) is 0. The van der Waals surface area contributed by atoms with Crippen molar-refractivity contribution in [3.8, 4) is 44.5 Å². The van der Waals surface area contributed by atoms with E-state index >= 15 is 0 Å². The van der Waals surface area contributed by atoms with Crippen LogP contribution in [0.5, 0.6) is 0 Å². The third-order valence-corrected chi connectivity index (χ3v) is 21.0. The standard InChI is InChI=1S/C92H58N4O2/c1-55-39-41-61(57-19-5-3-6-20-57)51-81(55)93(79-35-17-29-71-67-23-9-11-37-85(67)97-91(71)79)63-47-43-59(44-48-63)65-25-15-33-77-87(65)73-31-13-27-69-75-54-84-76(53-83(75)95(77)89(69)73)70-28-14-32-74-88-66(26-16-34-78(88)96(84)90(70)74)60-45-49-64(50-46-60)94(82-52-62(42-40-56(82)2)58-21-7-4-8-22-58)80-36-18-30-72-68-24-10-12-38-86(68)98-92(72)80/h3-54H,1-2H3. The smallest absolute Gasteiger partial charge is 0.159 e. The van der Waals surface area contributed by atoms with Crippen molar-refractivity contribution in [2.24, 2.45) is 0 Å². The second-order valence-electron chi connectivity index (χ2n) is 26.4. The van der Waals surface area contributed by atoms with Gasteiger partial charge in [-0.3, -0.25) is 0 Å². The molecule has 0 atom stereocenters. The summed E-state index contributed by atoms with van der Waals surface area (Å²) in [4.78, 5) is 4.77. The summed E-state index contributed by atoms with van der Waals surface area (Å²) < 4.78 is 18.6. The Balaban J connectivity index is 0.686. The van der Waals surface area contributed by atoms with Gasteiger partial charge in [-0.25, -0.2) is 0 Å². The highest BCUT2D eigenvalue weighted by molar-refractivity contribution is 6.31. The average Bonchev–Trinajstić information content (AvgIpc) is 1.52. The van der Waals surface area contributed by atoms with E-state index in [9.17, 15) is 0 Å². The number of hydrogen-bond acceptors (Lipinski definition) is 4. The Morgan fingerprint density at radius 2 is 0.612 bits per heavy atom. The van der Waals surface area contributed by atoms with Gasteiger partial charge in [-0.15, -0.1) is 0 Å². The molecular weight excluding hydrogens is 1190 g/mol. The van der Waals surface area contributed by atoms with Crippen molar-refractivity contribution in [1.82, 2.24) is 8.80 Å². The fourth-order valence-corrected chi connectivity index (χ4v) is 16.6. The molecule has 21 aromatic rings. The molecule has 0 spiro atoms. The first-order chi connectivity index (χ1) is 48.5. The Morgan fingerprint density at radius 1 is 0.245 bits per heavy atom. The monoisotopic (exact) mass is 1250 g/mol. The summed E-state index contributed by atoms with van der Waals surface area (Å²) in [7, 11) is 0. The third-order valence-electron chi connectivity index (χ3n) is 21.0. The second-order valence-corrected chi connectivity index (χ2v) is 26.4. The lowest BCUT2D eigenvalue weighted by Crippen LogP contribution is -2.12. The molecule has 0 saturated carbocycles. The number of aromatic nitrogens is 2. The molecular formula is C92H58N4O2. The highest BCUT2D eigenvalue weighted by Gasteiger charge is 2.28. The lowest BCUT2D eigenvalue weighted by Gasteiger charge is -2.28. The van der Waals surface area contributed by atoms with Crippen molar-refractivity contribution in [1.29, 1.82) is 0 Å². The minimum atomic E-state index is 0.858. The molecule has 0 N–H and O–H groups in total. The van der Waals surface area contributed by atoms with Gasteiger partial charge in [-0.2, -0.15) is 0 Å². The fourth-order valence-electron chi connectivity index (χ4n) is 16.6. The van der Waals surface area contributed by atoms with Crippen molar-refractivity contribution in [2.45, 2.75) is 13.8 Å². The number of hydrogen-bond donors (Lipinski definition) is 0. The van der Waals surface area contributed by atoms with Crippen molar-refractivity contribution < 1.29 is 8.83 Å². The molecule has 98 heavy (non-hydrogen) atoms. The van der Waals surface area contributed by atoms with E-state index in [1.54, 1.807) is 0 Å². The Morgan fingerprint density at radius 3 is 1.06 bits per heavy atom. The van der Waals surface area contributed by atoms with Crippen LogP contribution in [0.15, 0.2) is 324 Å². The van der Waals surface area contributed by atoms with Crippen LogP contribution >= 0.6 is 0 Å². The molecule has 0 aliphatic heterocycles. The molecule has 0 unspecified atom stereocenters. The van der Waals surface area contributed by atoms with E-state index in [2.05, 4.69) is 336 Å². The first kappa shape index (κ1) is 54.5. The SMILES string of the molecule is Cc1ccc(-c2ccccc2)cc1N(c1ccc(-c2cccc3c2c2cccc4c5cc6c(cc5n3c42)c2cccc3c4c(-c5ccc(N(c7cc(-c8ccccc8)ccc7C)c7cccc8c7oc7ccccc78)cc5)cccc4n6c23)cc1)c1cccc2c1oc1ccccc12. The number of anilines is 6. The molecule has 6 nitrogen and oxygen atoms in total. The number of furan rings is 2. The molecule has 0 bridgehead atoms. The molecule has 0 aliphatic rings. The van der Waals surface area contributed by atoms with E-state index in [-0.39, 0.29) is 0 Å². The van der Waals surface area contributed by atoms with Crippen LogP contribution in [0, 0.1) is 13.8 Å². The summed E-state index contributed by atoms with van der Waals surface area (Å²) in [5.74, 6) is 0.